The van der Waals surface area contributed by atoms with Gasteiger partial charge in [-0.15, -0.1) is 0 Å². The van der Waals surface area contributed by atoms with E-state index in [1.807, 2.05) is 6.07 Å². The first-order valence-corrected chi connectivity index (χ1v) is 7.57. The summed E-state index contributed by atoms with van der Waals surface area (Å²) in [4.78, 5) is 0. The Hall–Kier alpha value is -0.800. The molecule has 0 bridgehead atoms. The third kappa shape index (κ3) is 4.14. The fourth-order valence-electron chi connectivity index (χ4n) is 1.79. The normalized spacial score (nSPS) is 10.3. The molecule has 2 rings (SSSR count). The first kappa shape index (κ1) is 13.6. The molecule has 0 aromatic heterocycles. The molecule has 2 aromatic carbocycles. The Bertz CT molecular complexity index is 497. The topological polar surface area (TPSA) is 12.0 Å². The Morgan fingerprint density at radius 1 is 0.944 bits per heavy atom. The van der Waals surface area contributed by atoms with Crippen molar-refractivity contribution in [3.05, 3.63) is 63.0 Å². The highest BCUT2D eigenvalue weighted by Gasteiger charge is 1.99. The summed E-state index contributed by atoms with van der Waals surface area (Å²) in [6.45, 7) is 0.981. The van der Waals surface area contributed by atoms with Gasteiger partial charge in [-0.1, -0.05) is 46.3 Å². The Morgan fingerprint density at radius 3 is 2.44 bits per heavy atom. The molecule has 0 saturated heterocycles. The number of hydrogen-bond donors (Lipinski definition) is 1. The van der Waals surface area contributed by atoms with Crippen LogP contribution in [0.25, 0.3) is 0 Å². The number of benzene rings is 2. The Labute approximate surface area is 125 Å². The maximum absolute atomic E-state index is 3.55. The van der Waals surface area contributed by atoms with Crippen molar-refractivity contribution in [2.75, 3.05) is 11.9 Å². The zero-order valence-corrected chi connectivity index (χ0v) is 13.2. The van der Waals surface area contributed by atoms with Gasteiger partial charge in [0.25, 0.3) is 0 Å². The highest BCUT2D eigenvalue weighted by Crippen LogP contribution is 2.26. The summed E-state index contributed by atoms with van der Waals surface area (Å²) in [7, 11) is 0. The van der Waals surface area contributed by atoms with Crippen LogP contribution in [-0.4, -0.2) is 6.54 Å². The summed E-state index contributed by atoms with van der Waals surface area (Å²) >= 11 is 7.00. The van der Waals surface area contributed by atoms with Gasteiger partial charge in [-0.3, -0.25) is 0 Å². The fourth-order valence-corrected chi connectivity index (χ4v) is 2.98. The van der Waals surface area contributed by atoms with Crippen LogP contribution >= 0.6 is 31.9 Å². The van der Waals surface area contributed by atoms with E-state index in [-0.39, 0.29) is 0 Å². The van der Waals surface area contributed by atoms with Crippen LogP contribution in [0.15, 0.2) is 57.5 Å². The Kier molecular flexibility index (Phi) is 5.26. The van der Waals surface area contributed by atoms with Gasteiger partial charge < -0.3 is 5.32 Å². The molecular formula is C15H15Br2N. The molecule has 0 unspecified atom stereocenters. The molecule has 0 fully saturated rings. The molecule has 1 nitrogen and oxygen atoms in total. The average Bonchev–Trinajstić information content (AvgIpc) is 2.38. The number of halogens is 2. The van der Waals surface area contributed by atoms with E-state index in [1.54, 1.807) is 0 Å². The minimum Gasteiger partial charge on any atom is -0.384 e. The number of nitrogens with one attached hydrogen (secondary N) is 1. The monoisotopic (exact) mass is 367 g/mol. The SMILES string of the molecule is Brc1ccc(NCCCc2ccccc2)c(Br)c1. The molecule has 0 spiro atoms. The second kappa shape index (κ2) is 6.95. The van der Waals surface area contributed by atoms with Crippen LogP contribution in [0.2, 0.25) is 0 Å². The quantitative estimate of drug-likeness (QED) is 0.710. The van der Waals surface area contributed by atoms with Crippen LogP contribution in [0.4, 0.5) is 5.69 Å². The zero-order chi connectivity index (χ0) is 12.8. The Balaban J connectivity index is 1.79. The summed E-state index contributed by atoms with van der Waals surface area (Å²) in [6.07, 6.45) is 2.24. The Morgan fingerprint density at radius 2 is 1.72 bits per heavy atom. The van der Waals surface area contributed by atoms with E-state index >= 15 is 0 Å². The van der Waals surface area contributed by atoms with Crippen molar-refractivity contribution in [3.8, 4) is 0 Å². The molecular weight excluding hydrogens is 354 g/mol. The second-order valence-electron chi connectivity index (χ2n) is 4.14. The minimum atomic E-state index is 0.981. The van der Waals surface area contributed by atoms with Gasteiger partial charge in [0.1, 0.15) is 0 Å². The summed E-state index contributed by atoms with van der Waals surface area (Å²) in [5, 5.41) is 3.44. The van der Waals surface area contributed by atoms with E-state index < -0.39 is 0 Å². The molecule has 0 amide bonds. The van der Waals surface area contributed by atoms with Crippen molar-refractivity contribution in [3.63, 3.8) is 0 Å². The smallest absolute Gasteiger partial charge is 0.0485 e. The van der Waals surface area contributed by atoms with Crippen LogP contribution in [0, 0.1) is 0 Å². The van der Waals surface area contributed by atoms with E-state index in [9.17, 15) is 0 Å². The highest BCUT2D eigenvalue weighted by atomic mass is 79.9. The van der Waals surface area contributed by atoms with Gasteiger partial charge in [-0.05, 0) is 52.5 Å². The summed E-state index contributed by atoms with van der Waals surface area (Å²) in [5.74, 6) is 0. The number of aryl methyl sites for hydroxylation is 1. The summed E-state index contributed by atoms with van der Waals surface area (Å²) in [6, 6.07) is 16.8. The van der Waals surface area contributed by atoms with Crippen LogP contribution < -0.4 is 5.32 Å². The number of hydrogen-bond acceptors (Lipinski definition) is 1. The van der Waals surface area contributed by atoms with Gasteiger partial charge in [-0.25, -0.2) is 0 Å². The molecule has 0 atom stereocenters. The standard InChI is InChI=1S/C15H15Br2N/c16-13-8-9-15(14(17)11-13)18-10-4-7-12-5-2-1-3-6-12/h1-3,5-6,8-9,11,18H,4,7,10H2. The minimum absolute atomic E-state index is 0.981. The van der Waals surface area contributed by atoms with E-state index in [4.69, 9.17) is 0 Å². The predicted molar refractivity (Wildman–Crippen MR) is 85.1 cm³/mol. The van der Waals surface area contributed by atoms with Crippen molar-refractivity contribution in [2.45, 2.75) is 12.8 Å². The molecule has 0 aliphatic rings. The van der Waals surface area contributed by atoms with Gasteiger partial charge >= 0.3 is 0 Å². The molecule has 0 aliphatic carbocycles. The van der Waals surface area contributed by atoms with Crippen molar-refractivity contribution < 1.29 is 0 Å². The van der Waals surface area contributed by atoms with Crippen molar-refractivity contribution in [1.82, 2.24) is 0 Å². The molecule has 94 valence electrons. The first-order valence-electron chi connectivity index (χ1n) is 5.98. The lowest BCUT2D eigenvalue weighted by molar-refractivity contribution is 0.862. The van der Waals surface area contributed by atoms with Gasteiger partial charge in [0.15, 0.2) is 0 Å². The lowest BCUT2D eigenvalue weighted by Gasteiger charge is -2.08. The largest absolute Gasteiger partial charge is 0.384 e. The zero-order valence-electron chi connectivity index (χ0n) is 10.00. The average molecular weight is 369 g/mol. The predicted octanol–water partition coefficient (Wildman–Crippen LogP) is 5.26. The number of anilines is 1. The van der Waals surface area contributed by atoms with Crippen molar-refractivity contribution in [1.29, 1.82) is 0 Å². The van der Waals surface area contributed by atoms with E-state index in [1.165, 1.54) is 5.56 Å². The third-order valence-corrected chi connectivity index (χ3v) is 3.88. The van der Waals surface area contributed by atoms with E-state index in [2.05, 4.69) is 79.6 Å². The van der Waals surface area contributed by atoms with Gasteiger partial charge in [-0.2, -0.15) is 0 Å². The van der Waals surface area contributed by atoms with Gasteiger partial charge in [0.05, 0.1) is 0 Å². The lowest BCUT2D eigenvalue weighted by atomic mass is 10.1. The van der Waals surface area contributed by atoms with Crippen LogP contribution in [0.5, 0.6) is 0 Å². The second-order valence-corrected chi connectivity index (χ2v) is 5.91. The maximum Gasteiger partial charge on any atom is 0.0485 e. The van der Waals surface area contributed by atoms with Crippen LogP contribution in [-0.2, 0) is 6.42 Å². The molecule has 3 heteroatoms. The first-order chi connectivity index (χ1) is 8.75. The van der Waals surface area contributed by atoms with E-state index in [0.717, 1.165) is 34.0 Å². The third-order valence-electron chi connectivity index (χ3n) is 2.73. The van der Waals surface area contributed by atoms with Gasteiger partial charge in [0, 0.05) is 21.2 Å². The number of rotatable bonds is 5. The van der Waals surface area contributed by atoms with Crippen molar-refractivity contribution >= 4 is 37.5 Å². The summed E-state index contributed by atoms with van der Waals surface area (Å²) < 4.78 is 2.18. The molecule has 0 heterocycles. The fraction of sp³-hybridized carbons (Fsp3) is 0.200. The molecule has 0 saturated carbocycles. The molecule has 0 aliphatic heterocycles. The van der Waals surface area contributed by atoms with Gasteiger partial charge in [0.2, 0.25) is 0 Å². The highest BCUT2D eigenvalue weighted by molar-refractivity contribution is 9.11. The maximum atomic E-state index is 3.55. The van der Waals surface area contributed by atoms with Crippen molar-refractivity contribution in [2.24, 2.45) is 0 Å². The molecule has 0 radical (unpaired) electrons. The van der Waals surface area contributed by atoms with Crippen LogP contribution in [0.3, 0.4) is 0 Å². The van der Waals surface area contributed by atoms with E-state index in [0.29, 0.717) is 0 Å². The molecule has 1 N–H and O–H groups in total. The lowest BCUT2D eigenvalue weighted by Crippen LogP contribution is -2.03. The molecule has 18 heavy (non-hydrogen) atoms. The summed E-state index contributed by atoms with van der Waals surface area (Å²) in [5.41, 5.74) is 2.54. The van der Waals surface area contributed by atoms with Crippen LogP contribution in [0.1, 0.15) is 12.0 Å². The molecule has 2 aromatic rings.